The predicted octanol–water partition coefficient (Wildman–Crippen LogP) is 0.476. The molecule has 0 aliphatic carbocycles. The van der Waals surface area contributed by atoms with E-state index in [1.807, 2.05) is 6.92 Å². The minimum atomic E-state index is -1.25. The van der Waals surface area contributed by atoms with Gasteiger partial charge in [0.1, 0.15) is 13.1 Å². The van der Waals surface area contributed by atoms with Crippen molar-refractivity contribution in [3.63, 3.8) is 0 Å². The fraction of sp³-hybridized carbons (Fsp3) is 0.545. The van der Waals surface area contributed by atoms with Crippen LogP contribution in [0.1, 0.15) is 13.3 Å². The molecule has 0 aliphatic rings. The molecule has 102 valence electrons. The van der Waals surface area contributed by atoms with Crippen LogP contribution < -0.4 is 0 Å². The molecule has 0 radical (unpaired) electrons. The number of aliphatic carboxylic acids is 2. The van der Waals surface area contributed by atoms with Crippen LogP contribution in [0.4, 0.5) is 4.79 Å². The first-order valence-corrected chi connectivity index (χ1v) is 5.50. The van der Waals surface area contributed by atoms with E-state index in [1.54, 1.807) is 0 Å². The second-order valence-corrected chi connectivity index (χ2v) is 3.66. The fourth-order valence-corrected chi connectivity index (χ4v) is 1.41. The van der Waals surface area contributed by atoms with Crippen LogP contribution in [0.2, 0.25) is 0 Å². The van der Waals surface area contributed by atoms with Gasteiger partial charge in [0.05, 0.1) is 0 Å². The monoisotopic (exact) mass is 258 g/mol. The summed E-state index contributed by atoms with van der Waals surface area (Å²) in [7, 11) is 0. The van der Waals surface area contributed by atoms with Crippen LogP contribution in [-0.2, 0) is 9.59 Å². The largest absolute Gasteiger partial charge is 0.480 e. The van der Waals surface area contributed by atoms with Crippen LogP contribution >= 0.6 is 0 Å². The number of carboxylic acids is 2. The van der Waals surface area contributed by atoms with Crippen LogP contribution in [0.5, 0.6) is 0 Å². The number of carboxylic acid groups (broad SMARTS) is 2. The summed E-state index contributed by atoms with van der Waals surface area (Å²) >= 11 is 0. The van der Waals surface area contributed by atoms with Crippen molar-refractivity contribution in [2.24, 2.45) is 0 Å². The number of amides is 2. The highest BCUT2D eigenvalue weighted by atomic mass is 16.4. The first kappa shape index (κ1) is 16.0. The highest BCUT2D eigenvalue weighted by Crippen LogP contribution is 2.01. The summed E-state index contributed by atoms with van der Waals surface area (Å²) in [6.45, 7) is 4.76. The van der Waals surface area contributed by atoms with Crippen LogP contribution in [0.15, 0.2) is 12.7 Å². The minimum Gasteiger partial charge on any atom is -0.480 e. The van der Waals surface area contributed by atoms with Gasteiger partial charge < -0.3 is 20.0 Å². The average molecular weight is 258 g/mol. The highest BCUT2D eigenvalue weighted by Gasteiger charge is 2.23. The zero-order valence-corrected chi connectivity index (χ0v) is 10.3. The molecule has 0 fully saturated rings. The molecule has 2 N–H and O–H groups in total. The molecule has 0 spiro atoms. The first-order chi connectivity index (χ1) is 8.42. The van der Waals surface area contributed by atoms with E-state index >= 15 is 0 Å². The molecule has 0 bridgehead atoms. The lowest BCUT2D eigenvalue weighted by atomic mass is 10.4. The van der Waals surface area contributed by atoms with Crippen molar-refractivity contribution in [1.29, 1.82) is 0 Å². The van der Waals surface area contributed by atoms with Crippen LogP contribution in [0.25, 0.3) is 0 Å². The topological polar surface area (TPSA) is 98.2 Å². The zero-order valence-electron chi connectivity index (χ0n) is 10.3. The Kier molecular flexibility index (Phi) is 7.18. The number of carbonyl (C=O) groups is 3. The van der Waals surface area contributed by atoms with Crippen molar-refractivity contribution in [2.75, 3.05) is 26.2 Å². The molecule has 7 nitrogen and oxygen atoms in total. The lowest BCUT2D eigenvalue weighted by molar-refractivity contribution is -0.140. The smallest absolute Gasteiger partial charge is 0.323 e. The van der Waals surface area contributed by atoms with Crippen LogP contribution in [0.3, 0.4) is 0 Å². The summed E-state index contributed by atoms with van der Waals surface area (Å²) in [6.07, 6.45) is 2.20. The third-order valence-electron chi connectivity index (χ3n) is 2.04. The van der Waals surface area contributed by atoms with Crippen LogP contribution in [-0.4, -0.2) is 64.2 Å². The molecule has 0 aromatic carbocycles. The third kappa shape index (κ3) is 5.88. The molecule has 7 heteroatoms. The van der Waals surface area contributed by atoms with E-state index in [4.69, 9.17) is 10.2 Å². The molecule has 0 aromatic rings. The second-order valence-electron chi connectivity index (χ2n) is 3.66. The van der Waals surface area contributed by atoms with E-state index in [9.17, 15) is 14.4 Å². The Bertz CT molecular complexity index is 313. The lowest BCUT2D eigenvalue weighted by Crippen LogP contribution is -2.47. The Balaban J connectivity index is 4.81. The molecule has 0 aromatic heterocycles. The first-order valence-electron chi connectivity index (χ1n) is 5.50. The van der Waals surface area contributed by atoms with Gasteiger partial charge in [0.2, 0.25) is 0 Å². The number of urea groups is 1. The van der Waals surface area contributed by atoms with Gasteiger partial charge in [0.25, 0.3) is 0 Å². The lowest BCUT2D eigenvalue weighted by Gasteiger charge is -2.27. The van der Waals surface area contributed by atoms with Crippen molar-refractivity contribution >= 4 is 18.0 Å². The van der Waals surface area contributed by atoms with E-state index < -0.39 is 31.1 Å². The number of rotatable bonds is 8. The molecule has 0 atom stereocenters. The van der Waals surface area contributed by atoms with E-state index in [0.29, 0.717) is 13.0 Å². The summed E-state index contributed by atoms with van der Waals surface area (Å²) in [5.41, 5.74) is 0. The maximum Gasteiger partial charge on any atom is 0.323 e. The van der Waals surface area contributed by atoms with Gasteiger partial charge in [0, 0.05) is 13.1 Å². The van der Waals surface area contributed by atoms with Gasteiger partial charge in [0.15, 0.2) is 0 Å². The molecular formula is C11H18N2O5. The van der Waals surface area contributed by atoms with Crippen molar-refractivity contribution in [1.82, 2.24) is 9.80 Å². The number of carbonyl (C=O) groups excluding carboxylic acids is 1. The Labute approximate surface area is 105 Å². The van der Waals surface area contributed by atoms with Gasteiger partial charge in [-0.05, 0) is 6.42 Å². The molecule has 0 rings (SSSR count). The summed E-state index contributed by atoms with van der Waals surface area (Å²) in [5.74, 6) is -2.50. The molecule has 0 aliphatic heterocycles. The van der Waals surface area contributed by atoms with E-state index in [1.165, 1.54) is 11.0 Å². The fourth-order valence-electron chi connectivity index (χ4n) is 1.41. The SMILES string of the molecule is C=CCN(CCC)C(=O)N(CC(=O)O)CC(=O)O. The maximum atomic E-state index is 12.0. The molecule has 0 unspecified atom stereocenters. The van der Waals surface area contributed by atoms with E-state index in [2.05, 4.69) is 6.58 Å². The minimum absolute atomic E-state index is 0.252. The van der Waals surface area contributed by atoms with E-state index in [-0.39, 0.29) is 6.54 Å². The maximum absolute atomic E-state index is 12.0. The van der Waals surface area contributed by atoms with Gasteiger partial charge in [-0.15, -0.1) is 6.58 Å². The molecule has 18 heavy (non-hydrogen) atoms. The number of hydrogen-bond donors (Lipinski definition) is 2. The van der Waals surface area contributed by atoms with Gasteiger partial charge in [-0.3, -0.25) is 9.59 Å². The summed E-state index contributed by atoms with van der Waals surface area (Å²) in [4.78, 5) is 35.3. The van der Waals surface area contributed by atoms with Gasteiger partial charge in [-0.1, -0.05) is 13.0 Å². The summed E-state index contributed by atoms with van der Waals surface area (Å²) in [5, 5.41) is 17.3. The molecule has 0 heterocycles. The van der Waals surface area contributed by atoms with E-state index in [0.717, 1.165) is 4.90 Å². The van der Waals surface area contributed by atoms with Gasteiger partial charge >= 0.3 is 18.0 Å². The van der Waals surface area contributed by atoms with Gasteiger partial charge in [-0.2, -0.15) is 0 Å². The van der Waals surface area contributed by atoms with Crippen molar-refractivity contribution in [2.45, 2.75) is 13.3 Å². The van der Waals surface area contributed by atoms with Crippen molar-refractivity contribution < 1.29 is 24.6 Å². The van der Waals surface area contributed by atoms with Crippen molar-refractivity contribution in [3.8, 4) is 0 Å². The normalized spacial score (nSPS) is 9.61. The molecule has 0 saturated carbocycles. The highest BCUT2D eigenvalue weighted by molar-refractivity contribution is 5.84. The predicted molar refractivity (Wildman–Crippen MR) is 64.3 cm³/mol. The molecule has 0 saturated heterocycles. The Morgan fingerprint density at radius 2 is 1.61 bits per heavy atom. The molecular weight excluding hydrogens is 240 g/mol. The standard InChI is InChI=1S/C11H18N2O5/c1-3-5-12(6-4-2)11(18)13(7-9(14)15)8-10(16)17/h3H,1,4-8H2,2H3,(H,14,15)(H,16,17). The number of hydrogen-bond acceptors (Lipinski definition) is 3. The third-order valence-corrected chi connectivity index (χ3v) is 2.04. The van der Waals surface area contributed by atoms with Crippen LogP contribution in [0, 0.1) is 0 Å². The van der Waals surface area contributed by atoms with Gasteiger partial charge in [-0.25, -0.2) is 4.79 Å². The number of nitrogens with zero attached hydrogens (tertiary/aromatic N) is 2. The summed E-state index contributed by atoms with van der Waals surface area (Å²) < 4.78 is 0. The molecule has 2 amide bonds. The summed E-state index contributed by atoms with van der Waals surface area (Å²) in [6, 6.07) is -0.610. The Hall–Kier alpha value is -2.05. The quantitative estimate of drug-likeness (QED) is 0.617. The second kappa shape index (κ2) is 8.10. The van der Waals surface area contributed by atoms with Crippen molar-refractivity contribution in [3.05, 3.63) is 12.7 Å². The Morgan fingerprint density at radius 3 is 1.94 bits per heavy atom. The average Bonchev–Trinajstić information content (AvgIpc) is 2.25. The Morgan fingerprint density at radius 1 is 1.11 bits per heavy atom. The zero-order chi connectivity index (χ0) is 14.1.